The van der Waals surface area contributed by atoms with E-state index in [4.69, 9.17) is 9.84 Å². The summed E-state index contributed by atoms with van der Waals surface area (Å²) in [5.74, 6) is -1.13. The SMILES string of the molecule is CC(O)c1ccc2c(c1)C(N(C(=O)CCC(=O)O)C1CC1)C1CCC1N2C(=O)OCc1ccccc1. The summed E-state index contributed by atoms with van der Waals surface area (Å²) in [5.41, 5.74) is 3.13. The van der Waals surface area contributed by atoms with Crippen LogP contribution in [0.5, 0.6) is 0 Å². The number of carboxylic acid groups (broad SMARTS) is 1. The lowest BCUT2D eigenvalue weighted by Crippen LogP contribution is -2.59. The lowest BCUT2D eigenvalue weighted by Gasteiger charge is -2.54. The number of aliphatic hydroxyl groups excluding tert-OH is 1. The monoisotopic (exact) mass is 492 g/mol. The Morgan fingerprint density at radius 1 is 1.06 bits per heavy atom. The van der Waals surface area contributed by atoms with Gasteiger partial charge in [0.15, 0.2) is 0 Å². The average molecular weight is 493 g/mol. The van der Waals surface area contributed by atoms with E-state index in [1.54, 1.807) is 11.8 Å². The van der Waals surface area contributed by atoms with Gasteiger partial charge in [-0.15, -0.1) is 0 Å². The Hall–Kier alpha value is -3.39. The fraction of sp³-hybridized carbons (Fsp3) is 0.464. The zero-order valence-corrected chi connectivity index (χ0v) is 20.4. The maximum Gasteiger partial charge on any atom is 0.414 e. The van der Waals surface area contributed by atoms with E-state index in [0.717, 1.165) is 36.8 Å². The first-order chi connectivity index (χ1) is 17.3. The van der Waals surface area contributed by atoms with Gasteiger partial charge in [0.05, 0.1) is 24.3 Å². The van der Waals surface area contributed by atoms with E-state index in [9.17, 15) is 19.5 Å². The molecule has 0 saturated heterocycles. The number of anilines is 1. The molecule has 4 unspecified atom stereocenters. The Morgan fingerprint density at radius 3 is 2.42 bits per heavy atom. The number of aliphatic carboxylic acids is 1. The minimum absolute atomic E-state index is 0.0282. The summed E-state index contributed by atoms with van der Waals surface area (Å²) >= 11 is 0. The minimum atomic E-state index is -0.992. The first-order valence-electron chi connectivity index (χ1n) is 12.7. The number of amides is 2. The number of carboxylic acids is 1. The number of ether oxygens (including phenoxy) is 1. The van der Waals surface area contributed by atoms with Gasteiger partial charge in [0.25, 0.3) is 0 Å². The Bertz CT molecular complexity index is 1150. The van der Waals surface area contributed by atoms with Crippen LogP contribution in [0.3, 0.4) is 0 Å². The van der Waals surface area contributed by atoms with Crippen LogP contribution in [-0.2, 0) is 20.9 Å². The van der Waals surface area contributed by atoms with Crippen molar-refractivity contribution < 1.29 is 29.3 Å². The third kappa shape index (κ3) is 4.69. The predicted octanol–water partition coefficient (Wildman–Crippen LogP) is 4.57. The third-order valence-electron chi connectivity index (χ3n) is 7.62. The molecular weight excluding hydrogens is 460 g/mol. The van der Waals surface area contributed by atoms with Gasteiger partial charge >= 0.3 is 12.1 Å². The number of fused-ring (bicyclic) bond motifs is 2. The second-order valence-electron chi connectivity index (χ2n) is 10.1. The number of carbonyl (C=O) groups excluding carboxylic acids is 2. The van der Waals surface area contributed by atoms with E-state index in [1.807, 2.05) is 53.4 Å². The van der Waals surface area contributed by atoms with E-state index >= 15 is 0 Å². The van der Waals surface area contributed by atoms with Crippen LogP contribution >= 0.6 is 0 Å². The number of rotatable bonds is 8. The molecular formula is C28H32N2O6. The molecule has 8 heteroatoms. The largest absolute Gasteiger partial charge is 0.481 e. The molecule has 8 nitrogen and oxygen atoms in total. The number of aliphatic hydroxyl groups is 1. The quantitative estimate of drug-likeness (QED) is 0.559. The van der Waals surface area contributed by atoms with Crippen molar-refractivity contribution in [2.45, 2.75) is 76.3 Å². The number of carbonyl (C=O) groups is 3. The number of benzene rings is 2. The summed E-state index contributed by atoms with van der Waals surface area (Å²) < 4.78 is 5.71. The molecule has 3 aliphatic rings. The molecule has 5 rings (SSSR count). The van der Waals surface area contributed by atoms with Gasteiger partial charge in [0.1, 0.15) is 6.61 Å². The summed E-state index contributed by atoms with van der Waals surface area (Å²) in [7, 11) is 0. The maximum atomic E-state index is 13.4. The smallest absolute Gasteiger partial charge is 0.414 e. The lowest BCUT2D eigenvalue weighted by atomic mass is 9.67. The van der Waals surface area contributed by atoms with E-state index in [2.05, 4.69) is 0 Å². The van der Waals surface area contributed by atoms with Crippen LogP contribution in [0.25, 0.3) is 0 Å². The van der Waals surface area contributed by atoms with Crippen molar-refractivity contribution in [2.24, 2.45) is 5.92 Å². The second kappa shape index (κ2) is 9.93. The summed E-state index contributed by atoms with van der Waals surface area (Å²) in [6, 6.07) is 14.8. The van der Waals surface area contributed by atoms with Crippen molar-refractivity contribution in [2.75, 3.05) is 4.90 Å². The standard InChI is InChI=1S/C28H32N2O6/c1-17(31)19-7-11-24-22(15-19)27(29(20-8-9-20)25(32)13-14-26(33)34)21-10-12-23(21)30(24)28(35)36-16-18-5-3-2-4-6-18/h2-7,11,15,17,20-21,23,27,31H,8-10,12-14,16H2,1H3,(H,33,34). The summed E-state index contributed by atoms with van der Waals surface area (Å²) in [6.07, 6.45) is 2.06. The molecule has 4 atom stereocenters. The fourth-order valence-electron chi connectivity index (χ4n) is 5.56. The molecule has 2 aromatic rings. The first-order valence-corrected chi connectivity index (χ1v) is 12.7. The highest BCUT2D eigenvalue weighted by Crippen LogP contribution is 2.54. The van der Waals surface area contributed by atoms with Crippen molar-refractivity contribution in [3.63, 3.8) is 0 Å². The topological polar surface area (TPSA) is 107 Å². The highest BCUT2D eigenvalue weighted by Gasteiger charge is 2.53. The molecule has 2 aliphatic carbocycles. The van der Waals surface area contributed by atoms with Gasteiger partial charge in [-0.25, -0.2) is 4.79 Å². The molecule has 0 aromatic heterocycles. The van der Waals surface area contributed by atoms with Gasteiger partial charge < -0.3 is 19.8 Å². The van der Waals surface area contributed by atoms with Crippen molar-refractivity contribution in [3.05, 3.63) is 65.2 Å². The summed E-state index contributed by atoms with van der Waals surface area (Å²) in [5, 5.41) is 19.4. The highest BCUT2D eigenvalue weighted by atomic mass is 16.6. The second-order valence-corrected chi connectivity index (χ2v) is 10.1. The highest BCUT2D eigenvalue weighted by molar-refractivity contribution is 5.91. The van der Waals surface area contributed by atoms with E-state index in [-0.39, 0.29) is 49.4 Å². The van der Waals surface area contributed by atoms with Gasteiger partial charge in [0.2, 0.25) is 5.91 Å². The van der Waals surface area contributed by atoms with Crippen LogP contribution in [0.15, 0.2) is 48.5 Å². The Balaban J connectivity index is 1.49. The van der Waals surface area contributed by atoms with Gasteiger partial charge in [0, 0.05) is 24.4 Å². The van der Waals surface area contributed by atoms with Crippen LogP contribution in [0.2, 0.25) is 0 Å². The van der Waals surface area contributed by atoms with Crippen LogP contribution in [-0.4, -0.2) is 45.2 Å². The molecule has 2 amide bonds. The molecule has 2 saturated carbocycles. The van der Waals surface area contributed by atoms with Crippen molar-refractivity contribution in [1.82, 2.24) is 4.90 Å². The number of hydrogen-bond donors (Lipinski definition) is 2. The number of nitrogens with zero attached hydrogens (tertiary/aromatic N) is 2. The van der Waals surface area contributed by atoms with Crippen LogP contribution in [0.1, 0.15) is 74.3 Å². The molecule has 0 spiro atoms. The van der Waals surface area contributed by atoms with Gasteiger partial charge in [-0.3, -0.25) is 14.5 Å². The Labute approximate surface area is 210 Å². The zero-order chi connectivity index (χ0) is 25.4. The van der Waals surface area contributed by atoms with Gasteiger partial charge in [-0.1, -0.05) is 36.4 Å². The molecule has 1 heterocycles. The van der Waals surface area contributed by atoms with Gasteiger partial charge in [-0.05, 0) is 61.4 Å². The maximum absolute atomic E-state index is 13.4. The first kappa shape index (κ1) is 24.3. The average Bonchev–Trinajstić information content (AvgIpc) is 3.68. The Kier molecular flexibility index (Phi) is 6.71. The minimum Gasteiger partial charge on any atom is -0.481 e. The molecule has 36 heavy (non-hydrogen) atoms. The van der Waals surface area contributed by atoms with E-state index in [0.29, 0.717) is 11.3 Å². The molecule has 2 N–H and O–H groups in total. The zero-order valence-electron chi connectivity index (χ0n) is 20.4. The lowest BCUT2D eigenvalue weighted by molar-refractivity contribution is -0.143. The Morgan fingerprint density at radius 2 is 1.81 bits per heavy atom. The van der Waals surface area contributed by atoms with Crippen molar-refractivity contribution >= 4 is 23.7 Å². The van der Waals surface area contributed by atoms with Crippen molar-refractivity contribution in [1.29, 1.82) is 0 Å². The van der Waals surface area contributed by atoms with Crippen LogP contribution in [0, 0.1) is 5.92 Å². The summed E-state index contributed by atoms with van der Waals surface area (Å²) in [4.78, 5) is 41.5. The molecule has 2 fully saturated rings. The van der Waals surface area contributed by atoms with Crippen LogP contribution in [0.4, 0.5) is 10.5 Å². The third-order valence-corrected chi connectivity index (χ3v) is 7.62. The van der Waals surface area contributed by atoms with Crippen LogP contribution < -0.4 is 4.90 Å². The fourth-order valence-corrected chi connectivity index (χ4v) is 5.56. The summed E-state index contributed by atoms with van der Waals surface area (Å²) in [6.45, 7) is 1.86. The molecule has 2 aromatic carbocycles. The van der Waals surface area contributed by atoms with E-state index in [1.165, 1.54) is 0 Å². The molecule has 190 valence electrons. The molecule has 0 radical (unpaired) electrons. The normalized spacial score (nSPS) is 23.1. The van der Waals surface area contributed by atoms with Crippen molar-refractivity contribution in [3.8, 4) is 0 Å². The van der Waals surface area contributed by atoms with E-state index < -0.39 is 18.2 Å². The van der Waals surface area contributed by atoms with Gasteiger partial charge in [-0.2, -0.15) is 0 Å². The predicted molar refractivity (Wildman–Crippen MR) is 132 cm³/mol. The molecule has 0 bridgehead atoms. The molecule has 1 aliphatic heterocycles. The number of hydrogen-bond acceptors (Lipinski definition) is 5.